The number of Topliss-reactive ketones (excluding diaryl/α,β-unsaturated/α-hetero) is 1. The smallest absolute Gasteiger partial charge is 0.351 e. The van der Waals surface area contributed by atoms with Crippen LogP contribution in [0.3, 0.4) is 0 Å². The molecule has 2 aromatic rings. The van der Waals surface area contributed by atoms with Crippen molar-refractivity contribution in [2.45, 2.75) is 25.4 Å². The molecule has 0 aliphatic heterocycles. The van der Waals surface area contributed by atoms with Gasteiger partial charge in [-0.1, -0.05) is 0 Å². The highest BCUT2D eigenvalue weighted by Crippen LogP contribution is 2.40. The quantitative estimate of drug-likeness (QED) is 0.718. The van der Waals surface area contributed by atoms with Crippen LogP contribution in [-0.4, -0.2) is 10.8 Å². The molecule has 3 rings (SSSR count). The molecule has 102 valence electrons. The Hall–Kier alpha value is -2.29. The van der Waals surface area contributed by atoms with Crippen molar-refractivity contribution in [3.63, 3.8) is 0 Å². The Balaban J connectivity index is 2.41. The zero-order chi connectivity index (χ0) is 14.5. The summed E-state index contributed by atoms with van der Waals surface area (Å²) in [5.74, 6) is -0.167. The fourth-order valence-corrected chi connectivity index (χ4v) is 2.67. The third kappa shape index (κ3) is 1.78. The number of nitrogens with zero attached hydrogens (tertiary/aromatic N) is 1. The SMILES string of the molecule is [C-]#[N+]c1cc(C(F)(F)F)c2[nH]c3c(c2c1)CCCC3=O. The Morgan fingerprint density at radius 2 is 2.00 bits per heavy atom. The van der Waals surface area contributed by atoms with Crippen LogP contribution < -0.4 is 0 Å². The highest BCUT2D eigenvalue weighted by molar-refractivity contribution is 6.04. The van der Waals surface area contributed by atoms with E-state index in [0.29, 0.717) is 30.2 Å². The number of ketones is 1. The molecule has 0 unspecified atom stereocenters. The number of benzene rings is 1. The molecule has 0 spiro atoms. The summed E-state index contributed by atoms with van der Waals surface area (Å²) in [7, 11) is 0. The van der Waals surface area contributed by atoms with Crippen LogP contribution in [0.25, 0.3) is 15.7 Å². The van der Waals surface area contributed by atoms with Crippen LogP contribution in [0.15, 0.2) is 12.1 Å². The average Bonchev–Trinajstić information content (AvgIpc) is 2.76. The molecule has 0 saturated heterocycles. The van der Waals surface area contributed by atoms with E-state index in [9.17, 15) is 18.0 Å². The molecule has 1 aromatic carbocycles. The third-order valence-electron chi connectivity index (χ3n) is 3.54. The molecule has 20 heavy (non-hydrogen) atoms. The molecule has 0 saturated carbocycles. The second-order valence-corrected chi connectivity index (χ2v) is 4.78. The van der Waals surface area contributed by atoms with Crippen LogP contribution >= 0.6 is 0 Å². The van der Waals surface area contributed by atoms with Crippen molar-refractivity contribution in [1.29, 1.82) is 0 Å². The van der Waals surface area contributed by atoms with Gasteiger partial charge < -0.3 is 4.98 Å². The van der Waals surface area contributed by atoms with Crippen LogP contribution in [0.5, 0.6) is 0 Å². The Labute approximate surface area is 112 Å². The molecular weight excluding hydrogens is 269 g/mol. The van der Waals surface area contributed by atoms with Gasteiger partial charge in [0.05, 0.1) is 23.3 Å². The standard InChI is InChI=1S/C14H9F3N2O/c1-18-7-5-9-8-3-2-4-11(20)13(8)19-12(9)10(6-7)14(15,16)17/h5-6,19H,2-4H2. The molecule has 3 nitrogen and oxygen atoms in total. The lowest BCUT2D eigenvalue weighted by molar-refractivity contribution is -0.136. The second kappa shape index (κ2) is 4.10. The summed E-state index contributed by atoms with van der Waals surface area (Å²) >= 11 is 0. The largest absolute Gasteiger partial charge is 0.417 e. The number of hydrogen-bond donors (Lipinski definition) is 1. The predicted molar refractivity (Wildman–Crippen MR) is 66.8 cm³/mol. The summed E-state index contributed by atoms with van der Waals surface area (Å²) in [5.41, 5.74) is -0.177. The summed E-state index contributed by atoms with van der Waals surface area (Å²) in [6.07, 6.45) is -3.03. The Bertz CT molecular complexity index is 765. The molecular formula is C14H9F3N2O. The molecule has 1 heterocycles. The van der Waals surface area contributed by atoms with Gasteiger partial charge in [0, 0.05) is 6.42 Å². The summed E-state index contributed by atoms with van der Waals surface area (Å²) in [6.45, 7) is 6.93. The van der Waals surface area contributed by atoms with E-state index in [-0.39, 0.29) is 22.7 Å². The van der Waals surface area contributed by atoms with Gasteiger partial charge >= 0.3 is 6.18 Å². The average molecular weight is 278 g/mol. The van der Waals surface area contributed by atoms with Crippen LogP contribution in [0.2, 0.25) is 0 Å². The van der Waals surface area contributed by atoms with E-state index in [1.165, 1.54) is 6.07 Å². The van der Waals surface area contributed by atoms with Crippen molar-refractivity contribution >= 4 is 22.4 Å². The maximum Gasteiger partial charge on any atom is 0.417 e. The van der Waals surface area contributed by atoms with Gasteiger partial charge in [0.25, 0.3) is 0 Å². The van der Waals surface area contributed by atoms with Crippen LogP contribution in [0.4, 0.5) is 18.9 Å². The summed E-state index contributed by atoms with van der Waals surface area (Å²) in [6, 6.07) is 2.24. The number of aromatic amines is 1. The number of H-pyrrole nitrogens is 1. The van der Waals surface area contributed by atoms with Crippen molar-refractivity contribution in [3.8, 4) is 0 Å². The van der Waals surface area contributed by atoms with Crippen LogP contribution in [0.1, 0.15) is 34.5 Å². The fourth-order valence-electron chi connectivity index (χ4n) is 2.67. The zero-order valence-electron chi connectivity index (χ0n) is 10.3. The first-order valence-electron chi connectivity index (χ1n) is 6.08. The van der Waals surface area contributed by atoms with Gasteiger partial charge in [-0.3, -0.25) is 4.79 Å². The van der Waals surface area contributed by atoms with Gasteiger partial charge in [-0.05, 0) is 35.9 Å². The molecule has 0 atom stereocenters. The van der Waals surface area contributed by atoms with Crippen LogP contribution in [-0.2, 0) is 12.6 Å². The number of alkyl halides is 3. The number of fused-ring (bicyclic) bond motifs is 3. The van der Waals surface area contributed by atoms with E-state index in [2.05, 4.69) is 9.83 Å². The van der Waals surface area contributed by atoms with Crippen molar-refractivity contribution in [2.24, 2.45) is 0 Å². The van der Waals surface area contributed by atoms with Crippen molar-refractivity contribution in [3.05, 3.63) is 40.4 Å². The first-order valence-corrected chi connectivity index (χ1v) is 6.08. The van der Waals surface area contributed by atoms with Gasteiger partial charge in [0.2, 0.25) is 0 Å². The van der Waals surface area contributed by atoms with E-state index in [4.69, 9.17) is 6.57 Å². The summed E-state index contributed by atoms with van der Waals surface area (Å²) in [4.78, 5) is 17.5. The highest BCUT2D eigenvalue weighted by Gasteiger charge is 2.35. The van der Waals surface area contributed by atoms with Crippen molar-refractivity contribution in [2.75, 3.05) is 0 Å². The zero-order valence-corrected chi connectivity index (χ0v) is 10.3. The normalized spacial score (nSPS) is 15.2. The monoisotopic (exact) mass is 278 g/mol. The van der Waals surface area contributed by atoms with Gasteiger partial charge in [-0.2, -0.15) is 13.2 Å². The minimum Gasteiger partial charge on any atom is -0.351 e. The maximum atomic E-state index is 13.1. The Morgan fingerprint density at radius 1 is 1.25 bits per heavy atom. The second-order valence-electron chi connectivity index (χ2n) is 4.78. The molecule has 0 fully saturated rings. The van der Waals surface area contributed by atoms with Gasteiger partial charge in [-0.15, -0.1) is 0 Å². The third-order valence-corrected chi connectivity index (χ3v) is 3.54. The van der Waals surface area contributed by atoms with E-state index < -0.39 is 11.7 Å². The molecule has 1 aliphatic rings. The minimum absolute atomic E-state index is 0.0651. The highest BCUT2D eigenvalue weighted by atomic mass is 19.4. The van der Waals surface area contributed by atoms with E-state index in [1.807, 2.05) is 0 Å². The number of nitrogens with one attached hydrogen (secondary N) is 1. The first-order chi connectivity index (χ1) is 9.41. The molecule has 6 heteroatoms. The number of aryl methyl sites for hydroxylation is 1. The molecule has 0 radical (unpaired) electrons. The lowest BCUT2D eigenvalue weighted by Crippen LogP contribution is -2.09. The minimum atomic E-state index is -4.56. The van der Waals surface area contributed by atoms with Gasteiger partial charge in [0.15, 0.2) is 11.5 Å². The van der Waals surface area contributed by atoms with E-state index in [1.54, 1.807) is 0 Å². The number of carbonyl (C=O) groups excluding carboxylic acids is 1. The maximum absolute atomic E-state index is 13.1. The van der Waals surface area contributed by atoms with Crippen molar-refractivity contribution < 1.29 is 18.0 Å². The lowest BCUT2D eigenvalue weighted by Gasteiger charge is -2.10. The molecule has 1 aromatic heterocycles. The van der Waals surface area contributed by atoms with E-state index in [0.717, 1.165) is 6.07 Å². The van der Waals surface area contributed by atoms with Crippen molar-refractivity contribution in [1.82, 2.24) is 4.98 Å². The molecule has 1 N–H and O–H groups in total. The number of hydrogen-bond acceptors (Lipinski definition) is 1. The lowest BCUT2D eigenvalue weighted by atomic mass is 9.94. The Morgan fingerprint density at radius 3 is 2.65 bits per heavy atom. The van der Waals surface area contributed by atoms with E-state index >= 15 is 0 Å². The topological polar surface area (TPSA) is 37.2 Å². The fraction of sp³-hybridized carbons (Fsp3) is 0.286. The number of carbonyl (C=O) groups is 1. The molecule has 0 bridgehead atoms. The molecule has 0 amide bonds. The number of rotatable bonds is 0. The molecule has 1 aliphatic carbocycles. The Kier molecular flexibility index (Phi) is 2.61. The number of halogens is 3. The number of aromatic nitrogens is 1. The predicted octanol–water partition coefficient (Wildman–Crippen LogP) is 4.26. The first kappa shape index (κ1) is 12.7. The summed E-state index contributed by atoms with van der Waals surface area (Å²) < 4.78 is 39.3. The van der Waals surface area contributed by atoms with Gasteiger partial charge in [-0.25, -0.2) is 4.85 Å². The van der Waals surface area contributed by atoms with Crippen LogP contribution in [0, 0.1) is 6.57 Å². The van der Waals surface area contributed by atoms with Gasteiger partial charge in [0.1, 0.15) is 0 Å². The summed E-state index contributed by atoms with van der Waals surface area (Å²) in [5, 5.41) is 0.342.